The van der Waals surface area contributed by atoms with E-state index >= 15 is 0 Å². The third kappa shape index (κ3) is 3.59. The first-order chi connectivity index (χ1) is 16.8. The van der Waals surface area contributed by atoms with Crippen molar-refractivity contribution >= 4 is 16.9 Å². The molecule has 0 radical (unpaired) electrons. The summed E-state index contributed by atoms with van der Waals surface area (Å²) >= 11 is 0. The van der Waals surface area contributed by atoms with E-state index < -0.39 is 0 Å². The molecule has 0 bridgehead atoms. The Morgan fingerprint density at radius 3 is 2.41 bits per heavy atom. The van der Waals surface area contributed by atoms with Crippen LogP contribution >= 0.6 is 0 Å². The van der Waals surface area contributed by atoms with Crippen LogP contribution in [0.3, 0.4) is 0 Å². The molecule has 0 amide bonds. The molecule has 3 heterocycles. The molecule has 0 saturated carbocycles. The van der Waals surface area contributed by atoms with Crippen molar-refractivity contribution in [2.75, 3.05) is 18.1 Å². The number of fused-ring (bicyclic) bond motifs is 2. The van der Waals surface area contributed by atoms with E-state index in [9.17, 15) is 0 Å². The first kappa shape index (κ1) is 20.5. The fourth-order valence-corrected chi connectivity index (χ4v) is 4.86. The minimum atomic E-state index is 0.652. The minimum Gasteiger partial charge on any atom is -0.494 e. The first-order valence-corrected chi connectivity index (χ1v) is 11.8. The summed E-state index contributed by atoms with van der Waals surface area (Å²) in [5.41, 5.74) is 7.05. The fourth-order valence-electron chi connectivity index (χ4n) is 4.86. The van der Waals surface area contributed by atoms with E-state index in [1.165, 1.54) is 11.1 Å². The average Bonchev–Trinajstić information content (AvgIpc) is 3.29. The molecule has 1 aliphatic heterocycles. The average molecular weight is 447 g/mol. The second kappa shape index (κ2) is 8.67. The monoisotopic (exact) mass is 446 g/mol. The summed E-state index contributed by atoms with van der Waals surface area (Å²) in [6.45, 7) is 4.44. The van der Waals surface area contributed by atoms with E-state index in [-0.39, 0.29) is 0 Å². The maximum Gasteiger partial charge on any atom is 0.150 e. The van der Waals surface area contributed by atoms with Crippen LogP contribution in [0.15, 0.2) is 91.4 Å². The molecule has 168 valence electrons. The maximum absolute atomic E-state index is 5.64. The van der Waals surface area contributed by atoms with Crippen molar-refractivity contribution in [3.8, 4) is 22.6 Å². The van der Waals surface area contributed by atoms with Crippen LogP contribution in [0.4, 0.5) is 5.82 Å². The van der Waals surface area contributed by atoms with E-state index in [0.717, 1.165) is 58.9 Å². The van der Waals surface area contributed by atoms with Crippen LogP contribution in [-0.2, 0) is 13.0 Å². The van der Waals surface area contributed by atoms with Gasteiger partial charge in [-0.25, -0.2) is 9.97 Å². The third-order valence-corrected chi connectivity index (χ3v) is 6.50. The van der Waals surface area contributed by atoms with E-state index in [4.69, 9.17) is 14.7 Å². The highest BCUT2D eigenvalue weighted by Gasteiger charge is 2.23. The summed E-state index contributed by atoms with van der Waals surface area (Å²) in [5, 5.41) is 1.09. The van der Waals surface area contributed by atoms with Gasteiger partial charge in [0.1, 0.15) is 17.9 Å². The van der Waals surface area contributed by atoms with Gasteiger partial charge in [-0.2, -0.15) is 0 Å². The molecule has 0 spiro atoms. The first-order valence-electron chi connectivity index (χ1n) is 11.8. The molecule has 0 atom stereocenters. The van der Waals surface area contributed by atoms with Crippen LogP contribution in [-0.4, -0.2) is 27.7 Å². The van der Waals surface area contributed by atoms with Gasteiger partial charge in [-0.3, -0.25) is 0 Å². The minimum absolute atomic E-state index is 0.652. The number of rotatable bonds is 5. The molecular formula is C29H26N4O. The van der Waals surface area contributed by atoms with Gasteiger partial charge in [0.05, 0.1) is 12.0 Å². The van der Waals surface area contributed by atoms with Gasteiger partial charge in [-0.1, -0.05) is 54.6 Å². The Morgan fingerprint density at radius 2 is 1.62 bits per heavy atom. The molecule has 5 nitrogen and oxygen atoms in total. The van der Waals surface area contributed by atoms with Crippen molar-refractivity contribution in [1.29, 1.82) is 0 Å². The Morgan fingerprint density at radius 1 is 0.853 bits per heavy atom. The zero-order valence-corrected chi connectivity index (χ0v) is 19.2. The van der Waals surface area contributed by atoms with Crippen LogP contribution in [0.1, 0.15) is 18.1 Å². The van der Waals surface area contributed by atoms with Gasteiger partial charge in [0.15, 0.2) is 5.65 Å². The largest absolute Gasteiger partial charge is 0.494 e. The van der Waals surface area contributed by atoms with Crippen molar-refractivity contribution in [2.24, 2.45) is 0 Å². The zero-order valence-electron chi connectivity index (χ0n) is 19.2. The van der Waals surface area contributed by atoms with Gasteiger partial charge >= 0.3 is 0 Å². The maximum atomic E-state index is 5.64. The normalized spacial score (nSPS) is 13.1. The van der Waals surface area contributed by atoms with Gasteiger partial charge in [0.25, 0.3) is 0 Å². The molecule has 6 rings (SSSR count). The Hall–Kier alpha value is -4.12. The summed E-state index contributed by atoms with van der Waals surface area (Å²) < 4.78 is 7.81. The number of hydrogen-bond donors (Lipinski definition) is 0. The lowest BCUT2D eigenvalue weighted by molar-refractivity contribution is 0.340. The lowest BCUT2D eigenvalue weighted by atomic mass is 9.99. The van der Waals surface area contributed by atoms with E-state index in [1.807, 2.05) is 25.1 Å². The molecule has 5 heteroatoms. The van der Waals surface area contributed by atoms with Gasteiger partial charge in [0.2, 0.25) is 0 Å². The van der Waals surface area contributed by atoms with Gasteiger partial charge in [0, 0.05) is 30.5 Å². The molecule has 0 N–H and O–H groups in total. The van der Waals surface area contributed by atoms with Crippen molar-refractivity contribution in [1.82, 2.24) is 14.5 Å². The van der Waals surface area contributed by atoms with Crippen molar-refractivity contribution in [2.45, 2.75) is 19.9 Å². The molecule has 0 fully saturated rings. The van der Waals surface area contributed by atoms with Gasteiger partial charge in [-0.15, -0.1) is 0 Å². The standard InChI is InChI=1S/C29H26N4O/c1-2-34-25-14-12-24(13-15-25)33-19-26(22-9-4-3-5-10-22)27-28(30-20-31-29(27)33)32-17-16-21-8-6-7-11-23(21)18-32/h3-15,19-20H,2,16-18H2,1H3. The Labute approximate surface area is 199 Å². The molecule has 0 saturated heterocycles. The smallest absolute Gasteiger partial charge is 0.150 e. The van der Waals surface area contributed by atoms with E-state index in [2.05, 4.69) is 76.3 Å². The highest BCUT2D eigenvalue weighted by atomic mass is 16.5. The second-order valence-electron chi connectivity index (χ2n) is 8.54. The zero-order chi connectivity index (χ0) is 22.9. The summed E-state index contributed by atoms with van der Waals surface area (Å²) in [6.07, 6.45) is 4.89. The van der Waals surface area contributed by atoms with Gasteiger partial charge in [-0.05, 0) is 54.3 Å². The molecule has 2 aromatic heterocycles. The molecule has 5 aromatic rings. The van der Waals surface area contributed by atoms with Crippen LogP contribution in [0, 0.1) is 0 Å². The number of ether oxygens (including phenoxy) is 1. The molecule has 3 aromatic carbocycles. The number of nitrogens with zero attached hydrogens (tertiary/aromatic N) is 4. The van der Waals surface area contributed by atoms with Crippen molar-refractivity contribution in [3.05, 3.63) is 103 Å². The lowest BCUT2D eigenvalue weighted by Gasteiger charge is -2.30. The van der Waals surface area contributed by atoms with Crippen LogP contribution < -0.4 is 9.64 Å². The number of anilines is 1. The summed E-state index contributed by atoms with van der Waals surface area (Å²) in [4.78, 5) is 12.0. The number of benzene rings is 3. The van der Waals surface area contributed by atoms with Crippen molar-refractivity contribution < 1.29 is 4.74 Å². The third-order valence-electron chi connectivity index (χ3n) is 6.50. The van der Waals surface area contributed by atoms with E-state index in [0.29, 0.717) is 6.61 Å². The summed E-state index contributed by atoms with van der Waals surface area (Å²) in [6, 6.07) is 27.4. The molecule has 0 aliphatic carbocycles. The quantitative estimate of drug-likeness (QED) is 0.330. The summed E-state index contributed by atoms with van der Waals surface area (Å²) in [7, 11) is 0. The predicted octanol–water partition coefficient (Wildman–Crippen LogP) is 6.05. The Bertz CT molecular complexity index is 1440. The highest BCUT2D eigenvalue weighted by Crippen LogP contribution is 2.38. The predicted molar refractivity (Wildman–Crippen MR) is 137 cm³/mol. The molecule has 34 heavy (non-hydrogen) atoms. The molecule has 1 aliphatic rings. The highest BCUT2D eigenvalue weighted by molar-refractivity contribution is 6.02. The van der Waals surface area contributed by atoms with Crippen LogP contribution in [0.5, 0.6) is 5.75 Å². The SMILES string of the molecule is CCOc1ccc(-n2cc(-c3ccccc3)c3c(N4CCc5ccccc5C4)ncnc32)cc1. The topological polar surface area (TPSA) is 43.2 Å². The fraction of sp³-hybridized carbons (Fsp3) is 0.172. The molecular weight excluding hydrogens is 420 g/mol. The van der Waals surface area contributed by atoms with E-state index in [1.54, 1.807) is 6.33 Å². The lowest BCUT2D eigenvalue weighted by Crippen LogP contribution is -2.31. The Balaban J connectivity index is 1.52. The second-order valence-corrected chi connectivity index (χ2v) is 8.54. The van der Waals surface area contributed by atoms with Gasteiger partial charge < -0.3 is 14.2 Å². The number of aromatic nitrogens is 3. The summed E-state index contributed by atoms with van der Waals surface area (Å²) in [5.74, 6) is 1.86. The Kier molecular flexibility index (Phi) is 5.22. The van der Waals surface area contributed by atoms with Crippen LogP contribution in [0.2, 0.25) is 0 Å². The number of hydrogen-bond acceptors (Lipinski definition) is 4. The van der Waals surface area contributed by atoms with Crippen molar-refractivity contribution in [3.63, 3.8) is 0 Å². The molecule has 0 unspecified atom stereocenters. The van der Waals surface area contributed by atoms with Crippen LogP contribution in [0.25, 0.3) is 27.8 Å².